The lowest BCUT2D eigenvalue weighted by molar-refractivity contribution is -0.131. The molecule has 0 aromatic rings. The van der Waals surface area contributed by atoms with Gasteiger partial charge in [0.2, 0.25) is 5.91 Å². The number of amides is 1. The Kier molecular flexibility index (Phi) is 1.82. The van der Waals surface area contributed by atoms with E-state index in [0.717, 1.165) is 30.0 Å². The van der Waals surface area contributed by atoms with E-state index in [2.05, 4.69) is 4.90 Å². The molecule has 1 amide bonds. The first-order valence-corrected chi connectivity index (χ1v) is 6.38. The third-order valence-corrected chi connectivity index (χ3v) is 4.41. The van der Waals surface area contributed by atoms with Gasteiger partial charge in [-0.05, 0) is 31.1 Å². The van der Waals surface area contributed by atoms with Crippen LogP contribution in [0.2, 0.25) is 0 Å². The van der Waals surface area contributed by atoms with Crippen molar-refractivity contribution in [3.8, 4) is 0 Å². The Morgan fingerprint density at radius 2 is 2.23 bits per heavy atom. The minimum atomic E-state index is 0.436. The summed E-state index contributed by atoms with van der Waals surface area (Å²) in [6, 6.07) is 0. The van der Waals surface area contributed by atoms with Gasteiger partial charge in [0.1, 0.15) is 0 Å². The van der Waals surface area contributed by atoms with Crippen LogP contribution in [0.1, 0.15) is 19.3 Å². The molecule has 2 nitrogen and oxygen atoms in total. The number of rotatable bonds is 2. The molecule has 2 aliphatic carbocycles. The van der Waals surface area contributed by atoms with Gasteiger partial charge in [-0.25, -0.2) is 0 Å². The second-order valence-electron chi connectivity index (χ2n) is 4.48. The molecule has 1 heterocycles. The van der Waals surface area contributed by atoms with Gasteiger partial charge in [0, 0.05) is 18.2 Å². The van der Waals surface area contributed by atoms with Crippen molar-refractivity contribution in [3.05, 3.63) is 0 Å². The molecule has 1 aliphatic heterocycles. The molecule has 3 fully saturated rings. The van der Waals surface area contributed by atoms with Gasteiger partial charge in [-0.2, -0.15) is 0 Å². The lowest BCUT2D eigenvalue weighted by Crippen LogP contribution is -2.29. The maximum atomic E-state index is 11.9. The van der Waals surface area contributed by atoms with E-state index in [4.69, 9.17) is 0 Å². The molecule has 3 heteroatoms. The van der Waals surface area contributed by atoms with Gasteiger partial charge in [-0.15, -0.1) is 11.8 Å². The fourth-order valence-electron chi connectivity index (χ4n) is 2.37. The van der Waals surface area contributed by atoms with Crippen LogP contribution in [0.4, 0.5) is 0 Å². The predicted molar refractivity (Wildman–Crippen MR) is 53.4 cm³/mol. The maximum absolute atomic E-state index is 11.9. The van der Waals surface area contributed by atoms with Crippen LogP contribution in [0, 0.1) is 17.8 Å². The van der Waals surface area contributed by atoms with Crippen molar-refractivity contribution in [2.45, 2.75) is 19.3 Å². The number of hydrogen-bond donors (Lipinski definition) is 0. The lowest BCUT2D eigenvalue weighted by Gasteiger charge is -2.13. The first-order valence-electron chi connectivity index (χ1n) is 5.23. The zero-order valence-corrected chi connectivity index (χ0v) is 8.55. The van der Waals surface area contributed by atoms with Crippen LogP contribution in [0.5, 0.6) is 0 Å². The normalized spacial score (nSPS) is 38.0. The molecule has 0 radical (unpaired) electrons. The summed E-state index contributed by atoms with van der Waals surface area (Å²) in [7, 11) is 0. The van der Waals surface area contributed by atoms with E-state index in [0.29, 0.717) is 11.8 Å². The van der Waals surface area contributed by atoms with E-state index in [1.54, 1.807) is 0 Å². The number of carbonyl (C=O) groups is 1. The van der Waals surface area contributed by atoms with Crippen LogP contribution in [0.25, 0.3) is 0 Å². The summed E-state index contributed by atoms with van der Waals surface area (Å²) >= 11 is 1.89. The minimum Gasteiger partial charge on any atom is -0.332 e. The third-order valence-electron chi connectivity index (χ3n) is 3.45. The summed E-state index contributed by atoms with van der Waals surface area (Å²) in [6.07, 6.45) is 3.98. The lowest BCUT2D eigenvalue weighted by atomic mass is 10.2. The van der Waals surface area contributed by atoms with Crippen molar-refractivity contribution in [3.63, 3.8) is 0 Å². The summed E-state index contributed by atoms with van der Waals surface area (Å²) in [5, 5.41) is 0. The molecule has 2 atom stereocenters. The molecule has 72 valence electrons. The number of nitrogens with zero attached hydrogens (tertiary/aromatic N) is 1. The number of carbonyl (C=O) groups excluding carboxylic acids is 1. The van der Waals surface area contributed by atoms with Crippen LogP contribution in [-0.4, -0.2) is 29.0 Å². The Bertz CT molecular complexity index is 233. The van der Waals surface area contributed by atoms with Crippen molar-refractivity contribution in [2.75, 3.05) is 18.2 Å². The molecule has 0 spiro atoms. The van der Waals surface area contributed by atoms with Crippen molar-refractivity contribution >= 4 is 17.7 Å². The van der Waals surface area contributed by atoms with Crippen LogP contribution >= 0.6 is 11.8 Å². The van der Waals surface area contributed by atoms with Crippen LogP contribution in [0.3, 0.4) is 0 Å². The fraction of sp³-hybridized carbons (Fsp3) is 0.900. The standard InChI is InChI=1S/C10H15NOS/c12-10(11-3-4-13-6-11)9-5-8(9)7-1-2-7/h7-9H,1-6H2/t8-,9+/m1/s1. The van der Waals surface area contributed by atoms with Crippen molar-refractivity contribution in [2.24, 2.45) is 17.8 Å². The molecule has 0 aromatic carbocycles. The molecule has 0 bridgehead atoms. The van der Waals surface area contributed by atoms with E-state index in [1.807, 2.05) is 11.8 Å². The molecule has 2 saturated carbocycles. The largest absolute Gasteiger partial charge is 0.332 e. The monoisotopic (exact) mass is 197 g/mol. The van der Waals surface area contributed by atoms with Gasteiger partial charge in [-0.3, -0.25) is 4.79 Å². The zero-order valence-electron chi connectivity index (χ0n) is 7.74. The van der Waals surface area contributed by atoms with E-state index in [-0.39, 0.29) is 0 Å². The Morgan fingerprint density at radius 3 is 2.85 bits per heavy atom. The summed E-state index contributed by atoms with van der Waals surface area (Å²) in [5.41, 5.74) is 0. The van der Waals surface area contributed by atoms with Gasteiger partial charge >= 0.3 is 0 Å². The summed E-state index contributed by atoms with van der Waals surface area (Å²) in [5.74, 6) is 4.72. The molecule has 1 saturated heterocycles. The van der Waals surface area contributed by atoms with Gasteiger partial charge in [-0.1, -0.05) is 0 Å². The average Bonchev–Trinajstić information content (AvgIpc) is 3.00. The van der Waals surface area contributed by atoms with Crippen LogP contribution < -0.4 is 0 Å². The smallest absolute Gasteiger partial charge is 0.226 e. The summed E-state index contributed by atoms with van der Waals surface area (Å²) in [4.78, 5) is 13.9. The average molecular weight is 197 g/mol. The molecule has 0 N–H and O–H groups in total. The highest BCUT2D eigenvalue weighted by atomic mass is 32.2. The zero-order chi connectivity index (χ0) is 8.84. The van der Waals surface area contributed by atoms with E-state index < -0.39 is 0 Å². The van der Waals surface area contributed by atoms with Gasteiger partial charge in [0.05, 0.1) is 5.88 Å². The molecular weight excluding hydrogens is 182 g/mol. The first kappa shape index (κ1) is 8.16. The molecular formula is C10H15NOS. The Morgan fingerprint density at radius 1 is 1.38 bits per heavy atom. The second-order valence-corrected chi connectivity index (χ2v) is 5.56. The molecule has 3 aliphatic rings. The van der Waals surface area contributed by atoms with Crippen LogP contribution in [-0.2, 0) is 4.79 Å². The fourth-order valence-corrected chi connectivity index (χ4v) is 3.32. The van der Waals surface area contributed by atoms with Crippen molar-refractivity contribution < 1.29 is 4.79 Å². The topological polar surface area (TPSA) is 20.3 Å². The van der Waals surface area contributed by atoms with Gasteiger partial charge < -0.3 is 4.90 Å². The van der Waals surface area contributed by atoms with Crippen molar-refractivity contribution in [1.29, 1.82) is 0 Å². The number of hydrogen-bond acceptors (Lipinski definition) is 2. The van der Waals surface area contributed by atoms with Gasteiger partial charge in [0.25, 0.3) is 0 Å². The van der Waals surface area contributed by atoms with Gasteiger partial charge in [0.15, 0.2) is 0 Å². The van der Waals surface area contributed by atoms with E-state index in [1.165, 1.54) is 19.3 Å². The molecule has 13 heavy (non-hydrogen) atoms. The maximum Gasteiger partial charge on any atom is 0.226 e. The van der Waals surface area contributed by atoms with Crippen LogP contribution in [0.15, 0.2) is 0 Å². The second kappa shape index (κ2) is 2.91. The van der Waals surface area contributed by atoms with Crippen molar-refractivity contribution in [1.82, 2.24) is 4.90 Å². The quantitative estimate of drug-likeness (QED) is 0.669. The minimum absolute atomic E-state index is 0.436. The molecule has 0 unspecified atom stereocenters. The third kappa shape index (κ3) is 1.47. The summed E-state index contributed by atoms with van der Waals surface area (Å²) in [6.45, 7) is 0.997. The highest BCUT2D eigenvalue weighted by Crippen LogP contribution is 2.55. The highest BCUT2D eigenvalue weighted by molar-refractivity contribution is 7.99. The highest BCUT2D eigenvalue weighted by Gasteiger charge is 2.52. The van der Waals surface area contributed by atoms with E-state index in [9.17, 15) is 4.79 Å². The van der Waals surface area contributed by atoms with E-state index >= 15 is 0 Å². The predicted octanol–water partition coefficient (Wildman–Crippen LogP) is 1.57. The summed E-state index contributed by atoms with van der Waals surface area (Å²) < 4.78 is 0. The SMILES string of the molecule is O=C([C@H]1C[C@@H]1C1CC1)N1CCSC1. The molecule has 3 rings (SSSR count). The Labute approximate surface area is 83.1 Å². The first-order chi connectivity index (χ1) is 6.36. The molecule has 0 aromatic heterocycles. The number of thioether (sulfide) groups is 1. The Hall–Kier alpha value is -0.180. The Balaban J connectivity index is 1.57.